The molecule has 1 aromatic carbocycles. The van der Waals surface area contributed by atoms with E-state index < -0.39 is 0 Å². The molecule has 4 rings (SSSR count). The lowest BCUT2D eigenvalue weighted by atomic mass is 10.2. The average molecular weight is 357 g/mol. The molecule has 0 bridgehead atoms. The van der Waals surface area contributed by atoms with Gasteiger partial charge >= 0.3 is 0 Å². The molecular weight excluding hydrogens is 338 g/mol. The van der Waals surface area contributed by atoms with Crippen LogP contribution in [0.25, 0.3) is 16.9 Å². The molecule has 1 amide bonds. The first-order chi connectivity index (χ1) is 13.3. The highest BCUT2D eigenvalue weighted by Crippen LogP contribution is 2.19. The molecule has 27 heavy (non-hydrogen) atoms. The molecule has 6 nitrogen and oxygen atoms in total. The number of fused-ring (bicyclic) bond motifs is 1. The zero-order valence-electron chi connectivity index (χ0n) is 14.7. The quantitative estimate of drug-likeness (QED) is 0.520. The second kappa shape index (κ2) is 7.70. The molecule has 0 unspecified atom stereocenters. The third-order valence-corrected chi connectivity index (χ3v) is 4.18. The Morgan fingerprint density at radius 2 is 1.85 bits per heavy atom. The molecule has 0 spiro atoms. The van der Waals surface area contributed by atoms with Crippen molar-refractivity contribution < 1.29 is 4.79 Å². The Morgan fingerprint density at radius 1 is 0.963 bits per heavy atom. The summed E-state index contributed by atoms with van der Waals surface area (Å²) in [6, 6.07) is 17.4. The molecule has 0 saturated carbocycles. The first-order valence-electron chi connectivity index (χ1n) is 8.76. The predicted molar refractivity (Wildman–Crippen MR) is 106 cm³/mol. The van der Waals surface area contributed by atoms with Crippen LogP contribution in [-0.2, 0) is 0 Å². The third kappa shape index (κ3) is 3.95. The van der Waals surface area contributed by atoms with E-state index in [1.807, 2.05) is 59.1 Å². The molecule has 6 heteroatoms. The van der Waals surface area contributed by atoms with Crippen LogP contribution in [0.15, 0.2) is 79.4 Å². The molecule has 3 aromatic heterocycles. The highest BCUT2D eigenvalue weighted by atomic mass is 16.1. The van der Waals surface area contributed by atoms with Gasteiger partial charge in [0.05, 0.1) is 16.9 Å². The predicted octanol–water partition coefficient (Wildman–Crippen LogP) is 3.24. The van der Waals surface area contributed by atoms with Gasteiger partial charge in [-0.05, 0) is 24.3 Å². The maximum absolute atomic E-state index is 12.4. The minimum absolute atomic E-state index is 0.111. The number of hydrogen-bond acceptors (Lipinski definition) is 4. The van der Waals surface area contributed by atoms with Crippen LogP contribution in [0.5, 0.6) is 0 Å². The molecule has 2 N–H and O–H groups in total. The molecule has 0 aliphatic rings. The van der Waals surface area contributed by atoms with Crippen molar-refractivity contribution in [1.82, 2.24) is 19.7 Å². The van der Waals surface area contributed by atoms with E-state index in [4.69, 9.17) is 0 Å². The number of hydrogen-bond donors (Lipinski definition) is 2. The smallest absolute Gasteiger partial charge is 0.252 e. The van der Waals surface area contributed by atoms with E-state index in [2.05, 4.69) is 20.6 Å². The van der Waals surface area contributed by atoms with Gasteiger partial charge in [-0.1, -0.05) is 30.3 Å². The number of anilines is 1. The molecule has 134 valence electrons. The van der Waals surface area contributed by atoms with E-state index in [-0.39, 0.29) is 5.91 Å². The van der Waals surface area contributed by atoms with Crippen LogP contribution in [0.2, 0.25) is 0 Å². The van der Waals surface area contributed by atoms with Gasteiger partial charge in [0.2, 0.25) is 0 Å². The van der Waals surface area contributed by atoms with Gasteiger partial charge in [-0.3, -0.25) is 9.78 Å². The molecule has 0 fully saturated rings. The average Bonchev–Trinajstić information content (AvgIpc) is 3.16. The number of benzene rings is 1. The van der Waals surface area contributed by atoms with Crippen LogP contribution in [0.4, 0.5) is 5.69 Å². The van der Waals surface area contributed by atoms with E-state index in [9.17, 15) is 4.79 Å². The fraction of sp³-hybridized carbons (Fsp3) is 0.0952. The molecule has 3 heterocycles. The molecule has 0 aliphatic carbocycles. The zero-order chi connectivity index (χ0) is 18.5. The zero-order valence-corrected chi connectivity index (χ0v) is 14.7. The van der Waals surface area contributed by atoms with Crippen LogP contribution < -0.4 is 10.6 Å². The molecule has 0 atom stereocenters. The molecule has 4 aromatic rings. The summed E-state index contributed by atoms with van der Waals surface area (Å²) in [7, 11) is 0. The Hall–Kier alpha value is -3.67. The second-order valence-corrected chi connectivity index (χ2v) is 6.10. The first kappa shape index (κ1) is 16.8. The van der Waals surface area contributed by atoms with E-state index in [0.717, 1.165) is 22.6 Å². The normalized spacial score (nSPS) is 10.7. The Kier molecular flexibility index (Phi) is 4.78. The van der Waals surface area contributed by atoms with Gasteiger partial charge in [0.25, 0.3) is 5.91 Å². The second-order valence-electron chi connectivity index (χ2n) is 6.10. The largest absolute Gasteiger partial charge is 0.382 e. The van der Waals surface area contributed by atoms with Gasteiger partial charge in [0.15, 0.2) is 0 Å². The molecule has 0 saturated heterocycles. The van der Waals surface area contributed by atoms with Crippen LogP contribution in [0.1, 0.15) is 10.4 Å². The summed E-state index contributed by atoms with van der Waals surface area (Å²) in [6.45, 7) is 1.15. The maximum atomic E-state index is 12.4. The van der Waals surface area contributed by atoms with Gasteiger partial charge in [-0.15, -0.1) is 0 Å². The van der Waals surface area contributed by atoms with Crippen molar-refractivity contribution in [3.63, 3.8) is 0 Å². The summed E-state index contributed by atoms with van der Waals surface area (Å²) >= 11 is 0. The van der Waals surface area contributed by atoms with Gasteiger partial charge in [-0.25, -0.2) is 4.98 Å². The number of imidazole rings is 1. The van der Waals surface area contributed by atoms with Crippen LogP contribution >= 0.6 is 0 Å². The standard InChI is InChI=1S/C21H19N5O/c27-21(24-12-11-23-18-7-4-10-22-13-18)17-8-9-20-25-19(15-26(20)14-17)16-5-2-1-3-6-16/h1-10,13-15,23H,11-12H2,(H,24,27). The minimum atomic E-state index is -0.111. The van der Waals surface area contributed by atoms with Gasteiger partial charge in [0, 0.05) is 43.4 Å². The lowest BCUT2D eigenvalue weighted by Gasteiger charge is -2.08. The summed E-state index contributed by atoms with van der Waals surface area (Å²) in [4.78, 5) is 21.0. The molecule has 0 aliphatic heterocycles. The van der Waals surface area contributed by atoms with Gasteiger partial charge in [0.1, 0.15) is 5.65 Å². The lowest BCUT2D eigenvalue weighted by Crippen LogP contribution is -2.28. The summed E-state index contributed by atoms with van der Waals surface area (Å²) in [5, 5.41) is 6.13. The Labute approximate surface area is 156 Å². The topological polar surface area (TPSA) is 71.3 Å². The first-order valence-corrected chi connectivity index (χ1v) is 8.76. The number of carbonyl (C=O) groups excluding carboxylic acids is 1. The summed E-state index contributed by atoms with van der Waals surface area (Å²) in [6.07, 6.45) is 7.21. The van der Waals surface area contributed by atoms with Crippen molar-refractivity contribution in [1.29, 1.82) is 0 Å². The summed E-state index contributed by atoms with van der Waals surface area (Å²) in [5.74, 6) is -0.111. The monoisotopic (exact) mass is 357 g/mol. The Bertz CT molecular complexity index is 1040. The van der Waals surface area contributed by atoms with Crippen molar-refractivity contribution in [2.45, 2.75) is 0 Å². The van der Waals surface area contributed by atoms with E-state index in [1.165, 1.54) is 0 Å². The van der Waals surface area contributed by atoms with Crippen LogP contribution in [0.3, 0.4) is 0 Å². The molecule has 0 radical (unpaired) electrons. The van der Waals surface area contributed by atoms with E-state index in [1.54, 1.807) is 24.7 Å². The van der Waals surface area contributed by atoms with Crippen molar-refractivity contribution in [2.75, 3.05) is 18.4 Å². The Morgan fingerprint density at radius 3 is 2.67 bits per heavy atom. The van der Waals surface area contributed by atoms with Crippen molar-refractivity contribution >= 4 is 17.2 Å². The minimum Gasteiger partial charge on any atom is -0.382 e. The third-order valence-electron chi connectivity index (χ3n) is 4.18. The SMILES string of the molecule is O=C(NCCNc1cccnc1)c1ccc2nc(-c3ccccc3)cn2c1. The summed E-state index contributed by atoms with van der Waals surface area (Å²) < 4.78 is 1.88. The lowest BCUT2D eigenvalue weighted by molar-refractivity contribution is 0.0954. The highest BCUT2D eigenvalue weighted by molar-refractivity contribution is 5.94. The van der Waals surface area contributed by atoms with Crippen molar-refractivity contribution in [3.8, 4) is 11.3 Å². The number of carbonyl (C=O) groups is 1. The van der Waals surface area contributed by atoms with Crippen molar-refractivity contribution in [2.24, 2.45) is 0 Å². The number of pyridine rings is 2. The Balaban J connectivity index is 1.40. The van der Waals surface area contributed by atoms with E-state index in [0.29, 0.717) is 18.7 Å². The maximum Gasteiger partial charge on any atom is 0.252 e. The molecular formula is C21H19N5O. The number of rotatable bonds is 6. The van der Waals surface area contributed by atoms with Crippen LogP contribution in [0, 0.1) is 0 Å². The number of amides is 1. The number of nitrogens with one attached hydrogen (secondary N) is 2. The number of nitrogens with zero attached hydrogens (tertiary/aromatic N) is 3. The highest BCUT2D eigenvalue weighted by Gasteiger charge is 2.09. The summed E-state index contributed by atoms with van der Waals surface area (Å²) in [5.41, 5.74) is 4.27. The fourth-order valence-electron chi connectivity index (χ4n) is 2.83. The van der Waals surface area contributed by atoms with Crippen molar-refractivity contribution in [3.05, 3.63) is 84.9 Å². The van der Waals surface area contributed by atoms with Gasteiger partial charge in [-0.2, -0.15) is 0 Å². The fourth-order valence-corrected chi connectivity index (χ4v) is 2.83. The van der Waals surface area contributed by atoms with Crippen LogP contribution in [-0.4, -0.2) is 33.4 Å². The van der Waals surface area contributed by atoms with E-state index >= 15 is 0 Å². The number of aromatic nitrogens is 3. The van der Waals surface area contributed by atoms with Gasteiger partial charge < -0.3 is 15.0 Å².